The Labute approximate surface area is 109 Å². The van der Waals surface area contributed by atoms with Crippen molar-refractivity contribution in [3.05, 3.63) is 34.9 Å². The highest BCUT2D eigenvalue weighted by Gasteiger charge is 2.16. The maximum Gasteiger partial charge on any atom is 0.278 e. The lowest BCUT2D eigenvalue weighted by atomic mass is 10.2. The second-order valence-electron chi connectivity index (χ2n) is 3.85. The van der Waals surface area contributed by atoms with Gasteiger partial charge in [-0.3, -0.25) is 9.48 Å². The zero-order valence-electron chi connectivity index (χ0n) is 9.94. The number of pyridine rings is 1. The van der Waals surface area contributed by atoms with E-state index in [9.17, 15) is 4.79 Å². The number of nitrogens with zero attached hydrogens (tertiary/aromatic N) is 3. The van der Waals surface area contributed by atoms with Crippen molar-refractivity contribution in [3.63, 3.8) is 0 Å². The average molecular weight is 266 g/mol. The van der Waals surface area contributed by atoms with Gasteiger partial charge in [0.1, 0.15) is 0 Å². The highest BCUT2D eigenvalue weighted by Crippen LogP contribution is 2.23. The summed E-state index contributed by atoms with van der Waals surface area (Å²) in [5, 5.41) is 6.88. The van der Waals surface area contributed by atoms with Crippen molar-refractivity contribution < 1.29 is 4.79 Å². The van der Waals surface area contributed by atoms with Crippen LogP contribution in [0.15, 0.2) is 18.5 Å². The fourth-order valence-electron chi connectivity index (χ4n) is 1.53. The number of halogens is 1. The quantitative estimate of drug-likeness (QED) is 0.808. The molecule has 0 aromatic carbocycles. The molecule has 2 heterocycles. The summed E-state index contributed by atoms with van der Waals surface area (Å²) < 4.78 is 1.47. The van der Waals surface area contributed by atoms with Crippen LogP contribution in [0.25, 0.3) is 0 Å². The summed E-state index contributed by atoms with van der Waals surface area (Å²) >= 11 is 5.92. The Balaban J connectivity index is 2.30. The van der Waals surface area contributed by atoms with E-state index in [1.807, 2.05) is 6.92 Å². The Bertz CT molecular complexity index is 587. The van der Waals surface area contributed by atoms with Crippen LogP contribution in [-0.2, 0) is 7.05 Å². The van der Waals surface area contributed by atoms with Gasteiger partial charge >= 0.3 is 0 Å². The lowest BCUT2D eigenvalue weighted by Gasteiger charge is -2.08. The van der Waals surface area contributed by atoms with E-state index in [4.69, 9.17) is 17.3 Å². The average Bonchev–Trinajstić information content (AvgIpc) is 2.63. The highest BCUT2D eigenvalue weighted by atomic mass is 35.5. The summed E-state index contributed by atoms with van der Waals surface area (Å²) in [6.07, 6.45) is 3.13. The van der Waals surface area contributed by atoms with E-state index in [0.29, 0.717) is 11.4 Å². The van der Waals surface area contributed by atoms with Gasteiger partial charge in [0.25, 0.3) is 5.91 Å². The highest BCUT2D eigenvalue weighted by molar-refractivity contribution is 6.32. The van der Waals surface area contributed by atoms with Crippen molar-refractivity contribution in [1.29, 1.82) is 0 Å². The van der Waals surface area contributed by atoms with Crippen LogP contribution in [0.4, 0.5) is 11.4 Å². The molecule has 0 aliphatic rings. The fraction of sp³-hybridized carbons (Fsp3) is 0.182. The molecule has 6 nitrogen and oxygen atoms in total. The zero-order chi connectivity index (χ0) is 13.3. The van der Waals surface area contributed by atoms with Gasteiger partial charge in [0, 0.05) is 19.4 Å². The number of amides is 1. The topological polar surface area (TPSA) is 85.8 Å². The summed E-state index contributed by atoms with van der Waals surface area (Å²) in [7, 11) is 1.69. The molecule has 0 saturated heterocycles. The van der Waals surface area contributed by atoms with Gasteiger partial charge in [-0.2, -0.15) is 5.10 Å². The summed E-state index contributed by atoms with van der Waals surface area (Å²) in [4.78, 5) is 15.9. The second-order valence-corrected chi connectivity index (χ2v) is 4.21. The van der Waals surface area contributed by atoms with Crippen LogP contribution in [0.2, 0.25) is 5.15 Å². The van der Waals surface area contributed by atoms with Crippen LogP contribution in [0, 0.1) is 6.92 Å². The standard InChI is InChI=1S/C11H12ClN5O/c1-6-3-4-14-10(12)8(6)15-11(18)9-7(13)5-17(2)16-9/h3-5H,13H2,1-2H3,(H,15,18). The molecule has 0 unspecified atom stereocenters. The minimum absolute atomic E-state index is 0.164. The summed E-state index contributed by atoms with van der Waals surface area (Å²) in [5.74, 6) is -0.411. The van der Waals surface area contributed by atoms with Crippen molar-refractivity contribution >= 4 is 28.9 Å². The molecular formula is C11H12ClN5O. The van der Waals surface area contributed by atoms with Crippen LogP contribution in [-0.4, -0.2) is 20.7 Å². The van der Waals surface area contributed by atoms with Crippen LogP contribution in [0.3, 0.4) is 0 Å². The third kappa shape index (κ3) is 2.28. The maximum atomic E-state index is 12.0. The largest absolute Gasteiger partial charge is 0.396 e. The first kappa shape index (κ1) is 12.4. The van der Waals surface area contributed by atoms with Crippen molar-refractivity contribution in [3.8, 4) is 0 Å². The third-order valence-corrected chi connectivity index (χ3v) is 2.71. The monoisotopic (exact) mass is 265 g/mol. The van der Waals surface area contributed by atoms with Crippen molar-refractivity contribution in [2.24, 2.45) is 7.05 Å². The van der Waals surface area contributed by atoms with Crippen molar-refractivity contribution in [2.75, 3.05) is 11.1 Å². The Morgan fingerprint density at radius 3 is 2.83 bits per heavy atom. The minimum Gasteiger partial charge on any atom is -0.396 e. The van der Waals surface area contributed by atoms with Gasteiger partial charge in [-0.1, -0.05) is 11.6 Å². The first-order valence-electron chi connectivity index (χ1n) is 5.20. The normalized spacial score (nSPS) is 10.4. The van der Waals surface area contributed by atoms with Gasteiger partial charge in [-0.15, -0.1) is 0 Å². The molecule has 7 heteroatoms. The first-order chi connectivity index (χ1) is 8.49. The lowest BCUT2D eigenvalue weighted by Crippen LogP contribution is -2.16. The maximum absolute atomic E-state index is 12.0. The zero-order valence-corrected chi connectivity index (χ0v) is 10.7. The van der Waals surface area contributed by atoms with E-state index in [0.717, 1.165) is 5.56 Å². The first-order valence-corrected chi connectivity index (χ1v) is 5.58. The van der Waals surface area contributed by atoms with Gasteiger partial charge in [-0.05, 0) is 18.6 Å². The Morgan fingerprint density at radius 2 is 2.28 bits per heavy atom. The summed E-state index contributed by atoms with van der Waals surface area (Å²) in [6.45, 7) is 1.82. The number of carbonyl (C=O) groups is 1. The minimum atomic E-state index is -0.411. The molecule has 0 spiro atoms. The molecule has 94 valence electrons. The molecule has 0 saturated carbocycles. The van der Waals surface area contributed by atoms with Gasteiger partial charge in [0.15, 0.2) is 10.8 Å². The van der Waals surface area contributed by atoms with Crippen molar-refractivity contribution in [2.45, 2.75) is 6.92 Å². The second kappa shape index (κ2) is 4.66. The van der Waals surface area contributed by atoms with E-state index in [-0.39, 0.29) is 10.8 Å². The van der Waals surface area contributed by atoms with Crippen LogP contribution >= 0.6 is 11.6 Å². The number of hydrogen-bond acceptors (Lipinski definition) is 4. The van der Waals surface area contributed by atoms with E-state index in [1.54, 1.807) is 25.5 Å². The molecule has 2 rings (SSSR count). The van der Waals surface area contributed by atoms with Crippen LogP contribution in [0.1, 0.15) is 16.1 Å². The van der Waals surface area contributed by atoms with Crippen molar-refractivity contribution in [1.82, 2.24) is 14.8 Å². The number of aromatic nitrogens is 3. The molecule has 0 atom stereocenters. The SMILES string of the molecule is Cc1ccnc(Cl)c1NC(=O)c1nn(C)cc1N. The number of rotatable bonds is 2. The number of carbonyl (C=O) groups excluding carboxylic acids is 1. The number of nitrogen functional groups attached to an aromatic ring is 1. The van der Waals surface area contributed by atoms with E-state index in [2.05, 4.69) is 15.4 Å². The predicted molar refractivity (Wildman–Crippen MR) is 69.6 cm³/mol. The van der Waals surface area contributed by atoms with Gasteiger partial charge < -0.3 is 11.1 Å². The predicted octanol–water partition coefficient (Wildman–Crippen LogP) is 1.61. The van der Waals surface area contributed by atoms with Gasteiger partial charge in [-0.25, -0.2) is 4.98 Å². The lowest BCUT2D eigenvalue weighted by molar-refractivity contribution is 0.102. The number of anilines is 2. The van der Waals surface area contributed by atoms with Crippen LogP contribution < -0.4 is 11.1 Å². The molecule has 0 aliphatic carbocycles. The fourth-order valence-corrected chi connectivity index (χ4v) is 1.78. The molecule has 0 aliphatic heterocycles. The molecule has 1 amide bonds. The van der Waals surface area contributed by atoms with Gasteiger partial charge in [0.05, 0.1) is 11.4 Å². The van der Waals surface area contributed by atoms with E-state index in [1.165, 1.54) is 4.68 Å². The summed E-state index contributed by atoms with van der Waals surface area (Å²) in [6, 6.07) is 1.75. The summed E-state index contributed by atoms with van der Waals surface area (Å²) in [5.41, 5.74) is 7.44. The Morgan fingerprint density at radius 1 is 1.56 bits per heavy atom. The van der Waals surface area contributed by atoms with Gasteiger partial charge in [0.2, 0.25) is 0 Å². The molecule has 18 heavy (non-hydrogen) atoms. The molecule has 3 N–H and O–H groups in total. The molecule has 0 radical (unpaired) electrons. The number of aryl methyl sites for hydroxylation is 2. The smallest absolute Gasteiger partial charge is 0.278 e. The van der Waals surface area contributed by atoms with Crippen LogP contribution in [0.5, 0.6) is 0 Å². The molecular weight excluding hydrogens is 254 g/mol. The third-order valence-electron chi connectivity index (χ3n) is 2.42. The Hall–Kier alpha value is -2.08. The number of nitrogens with one attached hydrogen (secondary N) is 1. The molecule has 2 aromatic rings. The number of hydrogen-bond donors (Lipinski definition) is 2. The van der Waals surface area contributed by atoms with E-state index >= 15 is 0 Å². The Kier molecular flexibility index (Phi) is 3.20. The molecule has 2 aromatic heterocycles. The van der Waals surface area contributed by atoms with E-state index < -0.39 is 5.91 Å². The molecule has 0 bridgehead atoms. The number of nitrogens with two attached hydrogens (primary N) is 1. The molecule has 0 fully saturated rings.